The van der Waals surface area contributed by atoms with Crippen LogP contribution in [0, 0.1) is 5.82 Å². The molecule has 0 fully saturated rings. The first-order valence-corrected chi connectivity index (χ1v) is 15.5. The number of benzene rings is 7. The number of nitrogens with zero attached hydrogens (tertiary/aromatic N) is 3. The van der Waals surface area contributed by atoms with Crippen molar-refractivity contribution in [2.24, 2.45) is 0 Å². The molecule has 0 saturated heterocycles. The van der Waals surface area contributed by atoms with E-state index in [2.05, 4.69) is 160 Å². The molecule has 0 spiro atoms. The summed E-state index contributed by atoms with van der Waals surface area (Å²) >= 11 is 0. The van der Waals surface area contributed by atoms with Gasteiger partial charge in [-0.3, -0.25) is 0 Å². The molecule has 0 aliphatic heterocycles. The number of rotatable bonds is 5. The van der Waals surface area contributed by atoms with Gasteiger partial charge in [0.25, 0.3) is 0 Å². The average Bonchev–Trinajstić information content (AvgIpc) is 3.64. The van der Waals surface area contributed by atoms with E-state index in [4.69, 9.17) is 0 Å². The van der Waals surface area contributed by atoms with Gasteiger partial charge in [-0.2, -0.15) is 0 Å². The van der Waals surface area contributed by atoms with Gasteiger partial charge >= 0.3 is 0 Å². The summed E-state index contributed by atoms with van der Waals surface area (Å²) in [6.45, 7) is 0. The molecule has 0 bridgehead atoms. The van der Waals surface area contributed by atoms with E-state index in [-0.39, 0.29) is 5.82 Å². The summed E-state index contributed by atoms with van der Waals surface area (Å²) < 4.78 is 18.7. The van der Waals surface area contributed by atoms with E-state index in [0.717, 1.165) is 61.3 Å². The maximum Gasteiger partial charge on any atom is 0.123 e. The summed E-state index contributed by atoms with van der Waals surface area (Å²) in [5.41, 5.74) is 9.66. The molecule has 2 heterocycles. The lowest BCUT2D eigenvalue weighted by Crippen LogP contribution is -2.12. The van der Waals surface area contributed by atoms with Crippen LogP contribution in [0.15, 0.2) is 170 Å². The summed E-state index contributed by atoms with van der Waals surface area (Å²) in [5.74, 6) is -0.248. The van der Waals surface area contributed by atoms with Crippen LogP contribution in [0.2, 0.25) is 0 Å². The number of halogens is 1. The van der Waals surface area contributed by atoms with Crippen LogP contribution >= 0.6 is 0 Å². The van der Waals surface area contributed by atoms with Crippen molar-refractivity contribution in [1.82, 2.24) is 9.13 Å². The van der Waals surface area contributed by atoms with Crippen molar-refractivity contribution < 1.29 is 4.39 Å². The smallest absolute Gasteiger partial charge is 0.123 e. The molecule has 0 radical (unpaired) electrons. The van der Waals surface area contributed by atoms with Crippen molar-refractivity contribution in [3.63, 3.8) is 0 Å². The van der Waals surface area contributed by atoms with Crippen molar-refractivity contribution in [2.75, 3.05) is 4.90 Å². The molecule has 2 aromatic heterocycles. The third-order valence-corrected chi connectivity index (χ3v) is 8.94. The largest absolute Gasteiger partial charge is 0.309 e. The predicted molar refractivity (Wildman–Crippen MR) is 190 cm³/mol. The molecule has 46 heavy (non-hydrogen) atoms. The highest BCUT2D eigenvalue weighted by Gasteiger charge is 2.24. The minimum Gasteiger partial charge on any atom is -0.309 e. The minimum atomic E-state index is -0.248. The SMILES string of the molecule is Fc1ccc(-n2c3ccccc3c3c(N(c4ccccc4)c4cccc5c6ccccc6n(-c6ccccc6)c45)cccc32)cc1. The lowest BCUT2D eigenvalue weighted by Gasteiger charge is -2.28. The van der Waals surface area contributed by atoms with Crippen LogP contribution in [-0.2, 0) is 0 Å². The van der Waals surface area contributed by atoms with E-state index in [1.807, 2.05) is 12.1 Å². The van der Waals surface area contributed by atoms with Crippen LogP contribution < -0.4 is 4.90 Å². The number of hydrogen-bond donors (Lipinski definition) is 0. The molecule has 9 aromatic rings. The van der Waals surface area contributed by atoms with E-state index >= 15 is 0 Å². The third-order valence-electron chi connectivity index (χ3n) is 8.94. The summed E-state index contributed by atoms with van der Waals surface area (Å²) in [7, 11) is 0. The second kappa shape index (κ2) is 10.5. The summed E-state index contributed by atoms with van der Waals surface area (Å²) in [6.07, 6.45) is 0. The number of fused-ring (bicyclic) bond motifs is 6. The van der Waals surface area contributed by atoms with Crippen LogP contribution in [0.4, 0.5) is 21.5 Å². The quantitative estimate of drug-likeness (QED) is 0.193. The first kappa shape index (κ1) is 26.3. The van der Waals surface area contributed by atoms with Gasteiger partial charge in [0, 0.05) is 38.6 Å². The summed E-state index contributed by atoms with van der Waals surface area (Å²) in [6, 6.07) is 58.2. The van der Waals surface area contributed by atoms with Crippen molar-refractivity contribution in [2.45, 2.75) is 0 Å². The first-order chi connectivity index (χ1) is 22.8. The van der Waals surface area contributed by atoms with Crippen molar-refractivity contribution in [1.29, 1.82) is 0 Å². The Balaban J connectivity index is 1.42. The Kier molecular flexibility index (Phi) is 6.00. The zero-order valence-electron chi connectivity index (χ0n) is 24.9. The van der Waals surface area contributed by atoms with E-state index in [1.54, 1.807) is 0 Å². The number of hydrogen-bond acceptors (Lipinski definition) is 1. The van der Waals surface area contributed by atoms with Crippen LogP contribution in [0.25, 0.3) is 55.0 Å². The highest BCUT2D eigenvalue weighted by Crippen LogP contribution is 2.47. The van der Waals surface area contributed by atoms with Gasteiger partial charge < -0.3 is 14.0 Å². The van der Waals surface area contributed by atoms with E-state index in [0.29, 0.717) is 0 Å². The molecule has 7 aromatic carbocycles. The van der Waals surface area contributed by atoms with Crippen LogP contribution in [0.1, 0.15) is 0 Å². The van der Waals surface area contributed by atoms with Crippen molar-refractivity contribution in [3.05, 3.63) is 176 Å². The minimum absolute atomic E-state index is 0.248. The molecule has 0 aliphatic carbocycles. The van der Waals surface area contributed by atoms with Gasteiger partial charge in [0.2, 0.25) is 0 Å². The van der Waals surface area contributed by atoms with Gasteiger partial charge in [-0.25, -0.2) is 4.39 Å². The molecule has 0 N–H and O–H groups in total. The highest BCUT2D eigenvalue weighted by atomic mass is 19.1. The Labute approximate surface area is 265 Å². The molecule has 4 heteroatoms. The zero-order valence-corrected chi connectivity index (χ0v) is 24.9. The second-order valence-electron chi connectivity index (χ2n) is 11.5. The van der Waals surface area contributed by atoms with Crippen molar-refractivity contribution in [3.8, 4) is 11.4 Å². The van der Waals surface area contributed by atoms with Gasteiger partial charge in [-0.05, 0) is 78.9 Å². The summed E-state index contributed by atoms with van der Waals surface area (Å²) in [4.78, 5) is 2.39. The third kappa shape index (κ3) is 3.97. The normalized spacial score (nSPS) is 11.6. The van der Waals surface area contributed by atoms with Gasteiger partial charge in [0.05, 0.1) is 33.4 Å². The second-order valence-corrected chi connectivity index (χ2v) is 11.5. The molecular formula is C42H28FN3. The number of anilines is 3. The van der Waals surface area contributed by atoms with E-state index < -0.39 is 0 Å². The molecule has 0 saturated carbocycles. The monoisotopic (exact) mass is 593 g/mol. The van der Waals surface area contributed by atoms with Crippen molar-refractivity contribution >= 4 is 60.7 Å². The molecular weight excluding hydrogens is 565 g/mol. The molecule has 0 aliphatic rings. The number of para-hydroxylation sites is 5. The maximum atomic E-state index is 14.0. The van der Waals surface area contributed by atoms with Gasteiger partial charge in [0.15, 0.2) is 0 Å². The Morgan fingerprint density at radius 1 is 0.391 bits per heavy atom. The molecule has 0 amide bonds. The Morgan fingerprint density at radius 2 is 0.935 bits per heavy atom. The van der Waals surface area contributed by atoms with Crippen LogP contribution in [-0.4, -0.2) is 9.13 Å². The maximum absolute atomic E-state index is 14.0. The topological polar surface area (TPSA) is 13.1 Å². The zero-order chi connectivity index (χ0) is 30.6. The Hall–Kier alpha value is -6.13. The van der Waals surface area contributed by atoms with Gasteiger partial charge in [-0.1, -0.05) is 91.0 Å². The highest BCUT2D eigenvalue weighted by molar-refractivity contribution is 6.19. The standard InChI is InChI=1S/C42H28FN3/c43-29-25-27-32(28-26-29)44-37-21-10-8-18-35(37)41-38(44)22-12-23-39(41)45(30-13-3-1-4-14-30)40-24-11-19-34-33-17-7-9-20-36(33)46(42(34)40)31-15-5-2-6-16-31/h1-28H. The lowest BCUT2D eigenvalue weighted by molar-refractivity contribution is 0.627. The Morgan fingerprint density at radius 3 is 1.70 bits per heavy atom. The molecule has 218 valence electrons. The van der Waals surface area contributed by atoms with Gasteiger partial charge in [-0.15, -0.1) is 0 Å². The molecule has 0 unspecified atom stereocenters. The van der Waals surface area contributed by atoms with Gasteiger partial charge in [0.1, 0.15) is 5.82 Å². The van der Waals surface area contributed by atoms with E-state index in [1.165, 1.54) is 22.9 Å². The first-order valence-electron chi connectivity index (χ1n) is 15.5. The molecule has 0 atom stereocenters. The summed E-state index contributed by atoms with van der Waals surface area (Å²) in [5, 5.41) is 4.67. The van der Waals surface area contributed by atoms with Crippen LogP contribution in [0.5, 0.6) is 0 Å². The fraction of sp³-hybridized carbons (Fsp3) is 0. The Bertz CT molecular complexity index is 2530. The average molecular weight is 594 g/mol. The molecule has 3 nitrogen and oxygen atoms in total. The number of aromatic nitrogens is 2. The fourth-order valence-electron chi connectivity index (χ4n) is 7.07. The lowest BCUT2D eigenvalue weighted by atomic mass is 10.1. The van der Waals surface area contributed by atoms with Crippen LogP contribution in [0.3, 0.4) is 0 Å². The predicted octanol–water partition coefficient (Wildman–Crippen LogP) is 11.5. The molecule has 9 rings (SSSR count). The van der Waals surface area contributed by atoms with E-state index in [9.17, 15) is 4.39 Å². The fourth-order valence-corrected chi connectivity index (χ4v) is 7.07.